The molecule has 6 heteroatoms. The van der Waals surface area contributed by atoms with Gasteiger partial charge in [0.15, 0.2) is 0 Å². The highest BCUT2D eigenvalue weighted by atomic mass is 19.1. The van der Waals surface area contributed by atoms with Crippen molar-refractivity contribution in [1.29, 1.82) is 0 Å². The Balaban J connectivity index is 1.91. The van der Waals surface area contributed by atoms with E-state index in [1.165, 1.54) is 18.2 Å². The second-order valence-electron chi connectivity index (χ2n) is 4.64. The van der Waals surface area contributed by atoms with Crippen LogP contribution in [0.3, 0.4) is 0 Å². The van der Waals surface area contributed by atoms with Crippen molar-refractivity contribution < 1.29 is 18.7 Å². The van der Waals surface area contributed by atoms with E-state index < -0.39 is 11.9 Å². The zero-order valence-electron chi connectivity index (χ0n) is 11.8. The van der Waals surface area contributed by atoms with Crippen LogP contribution in [0.15, 0.2) is 30.9 Å². The number of rotatable bonds is 5. The van der Waals surface area contributed by atoms with Gasteiger partial charge < -0.3 is 19.7 Å². The molecule has 0 unspecified atom stereocenters. The fraction of sp³-hybridized carbons (Fsp3) is 0.400. The minimum Gasteiger partial charge on any atom is -0.490 e. The van der Waals surface area contributed by atoms with Crippen LogP contribution in [-0.4, -0.2) is 43.8 Å². The van der Waals surface area contributed by atoms with Gasteiger partial charge in [-0.2, -0.15) is 0 Å². The van der Waals surface area contributed by atoms with Crippen LogP contribution in [0.25, 0.3) is 0 Å². The molecule has 1 saturated heterocycles. The van der Waals surface area contributed by atoms with Gasteiger partial charge in [-0.15, -0.1) is 0 Å². The Morgan fingerprint density at radius 1 is 1.43 bits per heavy atom. The van der Waals surface area contributed by atoms with E-state index in [-0.39, 0.29) is 6.61 Å². The number of halogens is 1. The number of carbonyl (C=O) groups excluding carboxylic acids is 1. The smallest absolute Gasteiger partial charge is 0.410 e. The average Bonchev–Trinajstić information content (AvgIpc) is 2.53. The summed E-state index contributed by atoms with van der Waals surface area (Å²) in [6.07, 6.45) is 1.18. The van der Waals surface area contributed by atoms with Gasteiger partial charge in [0, 0.05) is 31.7 Å². The molecule has 0 aliphatic carbocycles. The zero-order chi connectivity index (χ0) is 15.1. The van der Waals surface area contributed by atoms with Gasteiger partial charge in [0.1, 0.15) is 24.8 Å². The third-order valence-electron chi connectivity index (χ3n) is 3.11. The van der Waals surface area contributed by atoms with Crippen molar-refractivity contribution in [2.45, 2.75) is 6.61 Å². The average molecular weight is 294 g/mol. The molecule has 0 radical (unpaired) electrons. The first-order chi connectivity index (χ1) is 10.2. The highest BCUT2D eigenvalue weighted by molar-refractivity contribution is 5.67. The van der Waals surface area contributed by atoms with Gasteiger partial charge in [0.05, 0.1) is 0 Å². The lowest BCUT2D eigenvalue weighted by molar-refractivity contribution is 0.0909. The molecule has 1 aliphatic heterocycles. The first kappa shape index (κ1) is 15.3. The number of benzene rings is 1. The molecule has 1 fully saturated rings. The number of carbonyl (C=O) groups is 1. The Kier molecular flexibility index (Phi) is 5.57. The molecule has 5 nitrogen and oxygen atoms in total. The Hall–Kier alpha value is -2.08. The number of ether oxygens (including phenoxy) is 2. The normalized spacial score (nSPS) is 14.6. The highest BCUT2D eigenvalue weighted by Crippen LogP contribution is 2.18. The largest absolute Gasteiger partial charge is 0.490 e. The Morgan fingerprint density at radius 3 is 2.90 bits per heavy atom. The molecule has 1 aromatic carbocycles. The van der Waals surface area contributed by atoms with Crippen molar-refractivity contribution in [2.24, 2.45) is 0 Å². The maximum atomic E-state index is 13.7. The zero-order valence-corrected chi connectivity index (χ0v) is 11.8. The van der Waals surface area contributed by atoms with Crippen LogP contribution in [0.2, 0.25) is 0 Å². The molecular weight excluding hydrogens is 275 g/mol. The van der Waals surface area contributed by atoms with E-state index in [0.717, 1.165) is 13.1 Å². The first-order valence-corrected chi connectivity index (χ1v) is 6.85. The van der Waals surface area contributed by atoms with Gasteiger partial charge in [-0.3, -0.25) is 0 Å². The molecule has 0 aromatic heterocycles. The molecule has 0 saturated carbocycles. The van der Waals surface area contributed by atoms with Crippen LogP contribution < -0.4 is 10.1 Å². The summed E-state index contributed by atoms with van der Waals surface area (Å²) >= 11 is 0. The fourth-order valence-corrected chi connectivity index (χ4v) is 1.98. The summed E-state index contributed by atoms with van der Waals surface area (Å²) in [5, 5.41) is 3.15. The summed E-state index contributed by atoms with van der Waals surface area (Å²) in [7, 11) is 0. The monoisotopic (exact) mass is 294 g/mol. The van der Waals surface area contributed by atoms with Crippen LogP contribution >= 0.6 is 0 Å². The third-order valence-corrected chi connectivity index (χ3v) is 3.11. The minimum absolute atomic E-state index is 0.111. The summed E-state index contributed by atoms with van der Waals surface area (Å²) in [6, 6.07) is 4.36. The van der Waals surface area contributed by atoms with Crippen molar-refractivity contribution in [2.75, 3.05) is 32.8 Å². The molecule has 1 aromatic rings. The summed E-state index contributed by atoms with van der Waals surface area (Å²) in [4.78, 5) is 13.5. The lowest BCUT2D eigenvalue weighted by Gasteiger charge is -2.26. The van der Waals surface area contributed by atoms with Crippen LogP contribution in [-0.2, 0) is 11.3 Å². The van der Waals surface area contributed by atoms with Crippen molar-refractivity contribution in [3.8, 4) is 5.75 Å². The van der Waals surface area contributed by atoms with Crippen molar-refractivity contribution in [1.82, 2.24) is 10.2 Å². The van der Waals surface area contributed by atoms with E-state index in [9.17, 15) is 9.18 Å². The topological polar surface area (TPSA) is 50.8 Å². The second-order valence-corrected chi connectivity index (χ2v) is 4.64. The highest BCUT2D eigenvalue weighted by Gasteiger charge is 2.18. The van der Waals surface area contributed by atoms with Crippen molar-refractivity contribution >= 4 is 6.09 Å². The van der Waals surface area contributed by atoms with Crippen LogP contribution in [0.5, 0.6) is 5.75 Å². The molecule has 0 spiro atoms. The van der Waals surface area contributed by atoms with Gasteiger partial charge >= 0.3 is 6.09 Å². The van der Waals surface area contributed by atoms with E-state index in [1.54, 1.807) is 11.0 Å². The molecule has 1 amide bonds. The SMILES string of the molecule is C=CCOc1ccc(F)c(COC(=O)N2CCNCC2)c1. The molecule has 2 rings (SSSR count). The summed E-state index contributed by atoms with van der Waals surface area (Å²) < 4.78 is 24.2. The van der Waals surface area contributed by atoms with Crippen LogP contribution in [0, 0.1) is 5.82 Å². The maximum Gasteiger partial charge on any atom is 0.410 e. The summed E-state index contributed by atoms with van der Waals surface area (Å²) in [5.74, 6) is 0.0959. The molecule has 0 atom stereocenters. The summed E-state index contributed by atoms with van der Waals surface area (Å²) in [5.41, 5.74) is 0.292. The Bertz CT molecular complexity index is 502. The number of hydrogen-bond donors (Lipinski definition) is 1. The number of piperazine rings is 1. The van der Waals surface area contributed by atoms with E-state index in [2.05, 4.69) is 11.9 Å². The van der Waals surface area contributed by atoms with E-state index >= 15 is 0 Å². The van der Waals surface area contributed by atoms with Gasteiger partial charge in [-0.05, 0) is 18.2 Å². The van der Waals surface area contributed by atoms with Gasteiger partial charge in [-0.25, -0.2) is 9.18 Å². The van der Waals surface area contributed by atoms with E-state index in [1.807, 2.05) is 0 Å². The number of nitrogens with zero attached hydrogens (tertiary/aromatic N) is 1. The third kappa shape index (κ3) is 4.46. The predicted octanol–water partition coefficient (Wildman–Crippen LogP) is 1.93. The quantitative estimate of drug-likeness (QED) is 0.843. The molecule has 1 heterocycles. The van der Waals surface area contributed by atoms with Crippen LogP contribution in [0.4, 0.5) is 9.18 Å². The Morgan fingerprint density at radius 2 is 2.19 bits per heavy atom. The molecule has 21 heavy (non-hydrogen) atoms. The van der Waals surface area contributed by atoms with Gasteiger partial charge in [-0.1, -0.05) is 12.7 Å². The number of amides is 1. The fourth-order valence-electron chi connectivity index (χ4n) is 1.98. The number of nitrogens with one attached hydrogen (secondary N) is 1. The molecular formula is C15H19FN2O3. The Labute approximate surface area is 123 Å². The van der Waals surface area contributed by atoms with Gasteiger partial charge in [0.25, 0.3) is 0 Å². The van der Waals surface area contributed by atoms with E-state index in [4.69, 9.17) is 9.47 Å². The predicted molar refractivity (Wildman–Crippen MR) is 76.7 cm³/mol. The van der Waals surface area contributed by atoms with E-state index in [0.29, 0.717) is 31.0 Å². The second kappa shape index (κ2) is 7.64. The molecule has 0 bridgehead atoms. The summed E-state index contributed by atoms with van der Waals surface area (Å²) in [6.45, 7) is 6.47. The lowest BCUT2D eigenvalue weighted by atomic mass is 10.2. The van der Waals surface area contributed by atoms with Crippen LogP contribution in [0.1, 0.15) is 5.56 Å². The first-order valence-electron chi connectivity index (χ1n) is 6.85. The number of hydrogen-bond acceptors (Lipinski definition) is 4. The van der Waals surface area contributed by atoms with Crippen molar-refractivity contribution in [3.05, 3.63) is 42.2 Å². The molecule has 1 aliphatic rings. The lowest BCUT2D eigenvalue weighted by Crippen LogP contribution is -2.46. The minimum atomic E-state index is -0.423. The molecule has 114 valence electrons. The maximum absolute atomic E-state index is 13.7. The van der Waals surface area contributed by atoms with Gasteiger partial charge in [0.2, 0.25) is 0 Å². The van der Waals surface area contributed by atoms with Crippen molar-refractivity contribution in [3.63, 3.8) is 0 Å². The molecule has 1 N–H and O–H groups in total. The standard InChI is InChI=1S/C15H19FN2O3/c1-2-9-20-13-3-4-14(16)12(10-13)11-21-15(19)18-7-5-17-6-8-18/h2-4,10,17H,1,5-9,11H2.